The highest BCUT2D eigenvalue weighted by molar-refractivity contribution is 6.32. The number of carbonyl (C=O) groups is 1. The number of hydrogen-bond acceptors (Lipinski definition) is 4. The Morgan fingerprint density at radius 3 is 2.79 bits per heavy atom. The van der Waals surface area contributed by atoms with Crippen LogP contribution < -0.4 is 10.1 Å². The van der Waals surface area contributed by atoms with Crippen LogP contribution in [0.1, 0.15) is 6.92 Å². The molecule has 2 N–H and O–H groups in total. The van der Waals surface area contributed by atoms with Crippen LogP contribution >= 0.6 is 11.6 Å². The van der Waals surface area contributed by atoms with Crippen molar-refractivity contribution < 1.29 is 14.6 Å². The van der Waals surface area contributed by atoms with Crippen LogP contribution in [0.2, 0.25) is 5.02 Å². The molecule has 0 heterocycles. The van der Waals surface area contributed by atoms with Crippen molar-refractivity contribution in [2.45, 2.75) is 13.0 Å². The van der Waals surface area contributed by atoms with Gasteiger partial charge in [0.2, 0.25) is 5.91 Å². The van der Waals surface area contributed by atoms with Crippen LogP contribution in [0.5, 0.6) is 5.75 Å². The van der Waals surface area contributed by atoms with Gasteiger partial charge in [0.15, 0.2) is 0 Å². The molecule has 1 aromatic carbocycles. The predicted octanol–water partition coefficient (Wildman–Crippen LogP) is 1.60. The molecule has 0 aliphatic carbocycles. The van der Waals surface area contributed by atoms with E-state index in [-0.39, 0.29) is 12.5 Å². The van der Waals surface area contributed by atoms with Crippen LogP contribution in [-0.2, 0) is 4.79 Å². The van der Waals surface area contributed by atoms with Crippen LogP contribution in [0.3, 0.4) is 0 Å². The third kappa shape index (κ3) is 5.46. The number of hydrogen-bond donors (Lipinski definition) is 2. The number of carbonyl (C=O) groups excluding carboxylic acids is 1. The van der Waals surface area contributed by atoms with E-state index in [0.717, 1.165) is 0 Å². The number of rotatable bonds is 6. The molecule has 19 heavy (non-hydrogen) atoms. The van der Waals surface area contributed by atoms with E-state index in [9.17, 15) is 9.90 Å². The first-order valence-corrected chi connectivity index (χ1v) is 6.30. The number of halogens is 1. The Morgan fingerprint density at radius 1 is 1.58 bits per heavy atom. The molecule has 5 nitrogen and oxygen atoms in total. The summed E-state index contributed by atoms with van der Waals surface area (Å²) in [6.45, 7) is 2.32. The van der Waals surface area contributed by atoms with Crippen molar-refractivity contribution in [3.8, 4) is 5.75 Å². The van der Waals surface area contributed by atoms with Gasteiger partial charge in [-0.15, -0.1) is 0 Å². The molecule has 0 fully saturated rings. The Kier molecular flexibility index (Phi) is 6.08. The molecule has 1 unspecified atom stereocenters. The summed E-state index contributed by atoms with van der Waals surface area (Å²) >= 11 is 5.97. The highest BCUT2D eigenvalue weighted by atomic mass is 35.5. The first kappa shape index (κ1) is 15.8. The van der Waals surface area contributed by atoms with Crippen LogP contribution in [0.25, 0.3) is 0 Å². The van der Waals surface area contributed by atoms with Crippen molar-refractivity contribution >= 4 is 23.2 Å². The number of likely N-dealkylation sites (N-methyl/N-ethyl adjacent to an activating group) is 1. The molecule has 1 aromatic rings. The zero-order valence-electron chi connectivity index (χ0n) is 11.3. The standard InChI is InChI=1S/C13H19ClN2O3/c1-9(17)7-16(2)8-13(18)15-10-4-5-12(19-3)11(14)6-10/h4-6,9,17H,7-8H2,1-3H3,(H,15,18). The topological polar surface area (TPSA) is 61.8 Å². The molecule has 0 saturated carbocycles. The first-order chi connectivity index (χ1) is 8.92. The normalized spacial score (nSPS) is 12.3. The van der Waals surface area contributed by atoms with Crippen molar-refractivity contribution in [1.82, 2.24) is 4.90 Å². The lowest BCUT2D eigenvalue weighted by atomic mass is 10.3. The van der Waals surface area contributed by atoms with Gasteiger partial charge in [-0.05, 0) is 32.2 Å². The number of ether oxygens (including phenoxy) is 1. The summed E-state index contributed by atoms with van der Waals surface area (Å²) in [7, 11) is 3.30. The zero-order chi connectivity index (χ0) is 14.4. The van der Waals surface area contributed by atoms with Gasteiger partial charge in [0.05, 0.1) is 24.8 Å². The maximum Gasteiger partial charge on any atom is 0.238 e. The average Bonchev–Trinajstić information content (AvgIpc) is 2.27. The summed E-state index contributed by atoms with van der Waals surface area (Å²) < 4.78 is 5.03. The second-order valence-electron chi connectivity index (χ2n) is 4.44. The molecule has 0 aliphatic heterocycles. The fourth-order valence-corrected chi connectivity index (χ4v) is 1.96. The van der Waals surface area contributed by atoms with Gasteiger partial charge in [-0.2, -0.15) is 0 Å². The summed E-state index contributed by atoms with van der Waals surface area (Å²) in [6.07, 6.45) is -0.465. The summed E-state index contributed by atoms with van der Waals surface area (Å²) in [5.41, 5.74) is 0.612. The average molecular weight is 287 g/mol. The summed E-state index contributed by atoms with van der Waals surface area (Å²) in [6, 6.07) is 5.04. The maximum absolute atomic E-state index is 11.8. The minimum atomic E-state index is -0.465. The molecule has 0 saturated heterocycles. The lowest BCUT2D eigenvalue weighted by Gasteiger charge is -2.17. The lowest BCUT2D eigenvalue weighted by molar-refractivity contribution is -0.117. The third-order valence-electron chi connectivity index (χ3n) is 2.42. The maximum atomic E-state index is 11.8. The van der Waals surface area contributed by atoms with Crippen molar-refractivity contribution in [3.63, 3.8) is 0 Å². The highest BCUT2D eigenvalue weighted by Gasteiger charge is 2.10. The van der Waals surface area contributed by atoms with E-state index in [1.807, 2.05) is 0 Å². The van der Waals surface area contributed by atoms with Gasteiger partial charge in [0, 0.05) is 12.2 Å². The second-order valence-corrected chi connectivity index (χ2v) is 4.85. The molecular formula is C13H19ClN2O3. The van der Waals surface area contributed by atoms with Crippen LogP contribution in [0.4, 0.5) is 5.69 Å². The lowest BCUT2D eigenvalue weighted by Crippen LogP contribution is -2.34. The van der Waals surface area contributed by atoms with E-state index in [0.29, 0.717) is 23.0 Å². The molecule has 106 valence electrons. The van der Waals surface area contributed by atoms with Gasteiger partial charge in [-0.3, -0.25) is 9.69 Å². The van der Waals surface area contributed by atoms with E-state index < -0.39 is 6.10 Å². The minimum absolute atomic E-state index is 0.163. The molecule has 6 heteroatoms. The second kappa shape index (κ2) is 7.33. The van der Waals surface area contributed by atoms with E-state index in [4.69, 9.17) is 16.3 Å². The van der Waals surface area contributed by atoms with E-state index in [1.54, 1.807) is 37.1 Å². The number of aliphatic hydroxyl groups excluding tert-OH is 1. The Labute approximate surface area is 118 Å². The molecule has 1 amide bonds. The Balaban J connectivity index is 2.55. The van der Waals surface area contributed by atoms with Gasteiger partial charge in [0.25, 0.3) is 0 Å². The fourth-order valence-electron chi connectivity index (χ4n) is 1.71. The smallest absolute Gasteiger partial charge is 0.238 e. The first-order valence-electron chi connectivity index (χ1n) is 5.92. The number of benzene rings is 1. The summed E-state index contributed by atoms with van der Waals surface area (Å²) in [5.74, 6) is 0.398. The van der Waals surface area contributed by atoms with E-state index in [2.05, 4.69) is 5.32 Å². The summed E-state index contributed by atoms with van der Waals surface area (Å²) in [5, 5.41) is 12.4. The van der Waals surface area contributed by atoms with Gasteiger partial charge in [0.1, 0.15) is 5.75 Å². The summed E-state index contributed by atoms with van der Waals surface area (Å²) in [4.78, 5) is 13.5. The molecule has 0 aliphatic rings. The Morgan fingerprint density at radius 2 is 2.26 bits per heavy atom. The van der Waals surface area contributed by atoms with Crippen molar-refractivity contribution in [2.24, 2.45) is 0 Å². The fraction of sp³-hybridized carbons (Fsp3) is 0.462. The van der Waals surface area contributed by atoms with Crippen LogP contribution in [0, 0.1) is 0 Å². The van der Waals surface area contributed by atoms with Crippen LogP contribution in [-0.4, -0.2) is 49.3 Å². The van der Waals surface area contributed by atoms with Crippen molar-refractivity contribution in [3.05, 3.63) is 23.2 Å². The molecule has 0 spiro atoms. The number of nitrogens with zero attached hydrogens (tertiary/aromatic N) is 1. The van der Waals surface area contributed by atoms with E-state index >= 15 is 0 Å². The minimum Gasteiger partial charge on any atom is -0.495 e. The monoisotopic (exact) mass is 286 g/mol. The van der Waals surface area contributed by atoms with Gasteiger partial charge in [-0.1, -0.05) is 11.6 Å². The van der Waals surface area contributed by atoms with Gasteiger partial charge < -0.3 is 15.2 Å². The molecule has 0 aromatic heterocycles. The predicted molar refractivity (Wildman–Crippen MR) is 75.8 cm³/mol. The highest BCUT2D eigenvalue weighted by Crippen LogP contribution is 2.27. The number of aliphatic hydroxyl groups is 1. The molecule has 0 radical (unpaired) electrons. The molecule has 1 atom stereocenters. The van der Waals surface area contributed by atoms with Gasteiger partial charge >= 0.3 is 0 Å². The number of anilines is 1. The molecule has 0 bridgehead atoms. The van der Waals surface area contributed by atoms with Crippen LogP contribution in [0.15, 0.2) is 18.2 Å². The Hall–Kier alpha value is -1.30. The quantitative estimate of drug-likeness (QED) is 0.834. The number of methoxy groups -OCH3 is 1. The Bertz CT molecular complexity index is 438. The van der Waals surface area contributed by atoms with Crippen molar-refractivity contribution in [1.29, 1.82) is 0 Å². The number of nitrogens with one attached hydrogen (secondary N) is 1. The van der Waals surface area contributed by atoms with Gasteiger partial charge in [-0.25, -0.2) is 0 Å². The largest absolute Gasteiger partial charge is 0.495 e. The zero-order valence-corrected chi connectivity index (χ0v) is 12.1. The third-order valence-corrected chi connectivity index (χ3v) is 2.72. The SMILES string of the molecule is COc1ccc(NC(=O)CN(C)CC(C)O)cc1Cl. The number of amides is 1. The van der Waals surface area contributed by atoms with Crippen molar-refractivity contribution in [2.75, 3.05) is 32.6 Å². The molecular weight excluding hydrogens is 268 g/mol. The molecule has 1 rings (SSSR count). The van der Waals surface area contributed by atoms with E-state index in [1.165, 1.54) is 7.11 Å².